The van der Waals surface area contributed by atoms with E-state index in [1.165, 1.54) is 38.2 Å². The zero-order valence-corrected chi connectivity index (χ0v) is 11.8. The first-order chi connectivity index (χ1) is 8.66. The maximum Gasteiger partial charge on any atom is 0.0404 e. The Bertz CT molecular complexity index is 439. The highest BCUT2D eigenvalue weighted by molar-refractivity contribution is 5.62. The third-order valence-corrected chi connectivity index (χ3v) is 4.55. The van der Waals surface area contributed by atoms with Crippen LogP contribution in [0.25, 0.3) is 0 Å². The Morgan fingerprint density at radius 1 is 1.22 bits per heavy atom. The largest absolute Gasteiger partial charge is 0.369 e. The van der Waals surface area contributed by atoms with Crippen molar-refractivity contribution in [2.45, 2.75) is 38.6 Å². The Labute approximate surface area is 111 Å². The van der Waals surface area contributed by atoms with Gasteiger partial charge in [0.2, 0.25) is 0 Å². The Morgan fingerprint density at radius 2 is 2.06 bits per heavy atom. The Hall–Kier alpha value is -1.02. The van der Waals surface area contributed by atoms with Crippen molar-refractivity contribution >= 4 is 5.69 Å². The van der Waals surface area contributed by atoms with Gasteiger partial charge >= 0.3 is 0 Å². The van der Waals surface area contributed by atoms with Crippen LogP contribution in [0.5, 0.6) is 0 Å². The highest BCUT2D eigenvalue weighted by Gasteiger charge is 2.28. The summed E-state index contributed by atoms with van der Waals surface area (Å²) in [5.74, 6) is 0.761. The van der Waals surface area contributed by atoms with Gasteiger partial charge in [0.05, 0.1) is 0 Å². The van der Waals surface area contributed by atoms with Gasteiger partial charge < -0.3 is 9.80 Å². The van der Waals surface area contributed by atoms with E-state index >= 15 is 0 Å². The first kappa shape index (κ1) is 12.0. The van der Waals surface area contributed by atoms with Crippen LogP contribution in [0.15, 0.2) is 18.2 Å². The number of likely N-dealkylation sites (tertiary alicyclic amines) is 1. The molecule has 2 heteroatoms. The molecule has 3 rings (SSSR count). The number of rotatable bonds is 2. The lowest BCUT2D eigenvalue weighted by Gasteiger charge is -2.24. The summed E-state index contributed by atoms with van der Waals surface area (Å²) in [6.07, 6.45) is 2.57. The van der Waals surface area contributed by atoms with E-state index in [4.69, 9.17) is 0 Å². The Balaban J connectivity index is 1.94. The van der Waals surface area contributed by atoms with Crippen molar-refractivity contribution in [1.82, 2.24) is 4.90 Å². The molecule has 1 aromatic rings. The molecule has 1 atom stereocenters. The van der Waals surface area contributed by atoms with Crippen molar-refractivity contribution in [3.8, 4) is 0 Å². The van der Waals surface area contributed by atoms with Crippen LogP contribution >= 0.6 is 0 Å². The van der Waals surface area contributed by atoms with Gasteiger partial charge in [0.1, 0.15) is 0 Å². The SMILES string of the molecule is CC(C)N1CCc2c(C3CCN(C)C3)cccc21. The van der Waals surface area contributed by atoms with Crippen LogP contribution in [0.2, 0.25) is 0 Å². The maximum atomic E-state index is 2.55. The smallest absolute Gasteiger partial charge is 0.0404 e. The van der Waals surface area contributed by atoms with Gasteiger partial charge in [0.15, 0.2) is 0 Å². The number of nitrogens with zero attached hydrogens (tertiary/aromatic N) is 2. The molecule has 1 unspecified atom stereocenters. The van der Waals surface area contributed by atoms with Gasteiger partial charge in [-0.05, 0) is 63.4 Å². The molecule has 0 radical (unpaired) electrons. The molecule has 1 aromatic carbocycles. The van der Waals surface area contributed by atoms with Crippen LogP contribution < -0.4 is 4.90 Å². The van der Waals surface area contributed by atoms with Crippen LogP contribution in [0, 0.1) is 0 Å². The van der Waals surface area contributed by atoms with E-state index in [0.717, 1.165) is 5.92 Å². The topological polar surface area (TPSA) is 6.48 Å². The highest BCUT2D eigenvalue weighted by atomic mass is 15.2. The minimum Gasteiger partial charge on any atom is -0.369 e. The quantitative estimate of drug-likeness (QED) is 0.789. The van der Waals surface area contributed by atoms with Crippen molar-refractivity contribution in [2.75, 3.05) is 31.6 Å². The normalized spacial score (nSPS) is 24.0. The third-order valence-electron chi connectivity index (χ3n) is 4.55. The molecule has 0 N–H and O–H groups in total. The van der Waals surface area contributed by atoms with Gasteiger partial charge in [-0.15, -0.1) is 0 Å². The molecule has 0 saturated carbocycles. The van der Waals surface area contributed by atoms with Crippen molar-refractivity contribution in [1.29, 1.82) is 0 Å². The summed E-state index contributed by atoms with van der Waals surface area (Å²) < 4.78 is 0. The van der Waals surface area contributed by atoms with E-state index in [2.05, 4.69) is 48.9 Å². The first-order valence-corrected chi connectivity index (χ1v) is 7.24. The molecule has 0 amide bonds. The number of fused-ring (bicyclic) bond motifs is 1. The van der Waals surface area contributed by atoms with Crippen molar-refractivity contribution in [2.24, 2.45) is 0 Å². The van der Waals surface area contributed by atoms with Crippen LogP contribution in [-0.4, -0.2) is 37.6 Å². The van der Waals surface area contributed by atoms with Gasteiger partial charge in [-0.2, -0.15) is 0 Å². The average molecular weight is 244 g/mol. The summed E-state index contributed by atoms with van der Waals surface area (Å²) in [4.78, 5) is 5.01. The summed E-state index contributed by atoms with van der Waals surface area (Å²) >= 11 is 0. The van der Waals surface area contributed by atoms with Gasteiger partial charge in [0, 0.05) is 24.8 Å². The predicted octanol–water partition coefficient (Wildman–Crippen LogP) is 2.88. The standard InChI is InChI=1S/C16H24N2/c1-12(2)18-10-8-15-14(5-4-6-16(15)18)13-7-9-17(3)11-13/h4-6,12-13H,7-11H2,1-3H3. The predicted molar refractivity (Wildman–Crippen MR) is 77.5 cm³/mol. The molecule has 2 nitrogen and oxygen atoms in total. The molecule has 2 aliphatic rings. The van der Waals surface area contributed by atoms with Crippen LogP contribution in [-0.2, 0) is 6.42 Å². The van der Waals surface area contributed by atoms with Crippen molar-refractivity contribution in [3.63, 3.8) is 0 Å². The lowest BCUT2D eigenvalue weighted by atomic mass is 9.92. The molecular weight excluding hydrogens is 220 g/mol. The summed E-state index contributed by atoms with van der Waals surface area (Å²) in [6.45, 7) is 8.28. The number of hydrogen-bond donors (Lipinski definition) is 0. The van der Waals surface area contributed by atoms with E-state index < -0.39 is 0 Å². The molecular formula is C16H24N2. The van der Waals surface area contributed by atoms with Gasteiger partial charge in [-0.3, -0.25) is 0 Å². The molecule has 2 aliphatic heterocycles. The lowest BCUT2D eigenvalue weighted by molar-refractivity contribution is 0.411. The number of hydrogen-bond acceptors (Lipinski definition) is 2. The lowest BCUT2D eigenvalue weighted by Crippen LogP contribution is -2.28. The molecule has 2 heterocycles. The Morgan fingerprint density at radius 3 is 2.72 bits per heavy atom. The van der Waals surface area contributed by atoms with Crippen molar-refractivity contribution < 1.29 is 0 Å². The molecule has 0 aliphatic carbocycles. The second-order valence-corrected chi connectivity index (χ2v) is 6.13. The molecule has 0 spiro atoms. The zero-order valence-electron chi connectivity index (χ0n) is 11.8. The maximum absolute atomic E-state index is 2.55. The second kappa shape index (κ2) is 4.58. The molecule has 1 saturated heterocycles. The molecule has 0 aromatic heterocycles. The van der Waals surface area contributed by atoms with Crippen LogP contribution in [0.3, 0.4) is 0 Å². The Kier molecular flexibility index (Phi) is 3.06. The van der Waals surface area contributed by atoms with Crippen LogP contribution in [0.1, 0.15) is 37.3 Å². The van der Waals surface area contributed by atoms with E-state index in [9.17, 15) is 0 Å². The fraction of sp³-hybridized carbons (Fsp3) is 0.625. The number of benzene rings is 1. The van der Waals surface area contributed by atoms with E-state index in [-0.39, 0.29) is 0 Å². The fourth-order valence-electron chi connectivity index (χ4n) is 3.59. The minimum atomic E-state index is 0.618. The fourth-order valence-corrected chi connectivity index (χ4v) is 3.59. The average Bonchev–Trinajstić information content (AvgIpc) is 2.94. The zero-order chi connectivity index (χ0) is 12.7. The summed E-state index contributed by atoms with van der Waals surface area (Å²) in [5.41, 5.74) is 4.75. The molecule has 1 fully saturated rings. The van der Waals surface area contributed by atoms with E-state index in [1.54, 1.807) is 11.1 Å². The molecule has 18 heavy (non-hydrogen) atoms. The first-order valence-electron chi connectivity index (χ1n) is 7.24. The van der Waals surface area contributed by atoms with Crippen LogP contribution in [0.4, 0.5) is 5.69 Å². The number of likely N-dealkylation sites (N-methyl/N-ethyl adjacent to an activating group) is 1. The summed E-state index contributed by atoms with van der Waals surface area (Å²) in [7, 11) is 2.24. The second-order valence-electron chi connectivity index (χ2n) is 6.13. The summed E-state index contributed by atoms with van der Waals surface area (Å²) in [6, 6.07) is 7.55. The third kappa shape index (κ3) is 1.93. The molecule has 98 valence electrons. The summed E-state index contributed by atoms with van der Waals surface area (Å²) in [5, 5.41) is 0. The monoisotopic (exact) mass is 244 g/mol. The molecule has 0 bridgehead atoms. The van der Waals surface area contributed by atoms with Gasteiger partial charge in [-0.25, -0.2) is 0 Å². The minimum absolute atomic E-state index is 0.618. The van der Waals surface area contributed by atoms with Gasteiger partial charge in [-0.1, -0.05) is 12.1 Å². The van der Waals surface area contributed by atoms with E-state index in [1.807, 2.05) is 0 Å². The van der Waals surface area contributed by atoms with Crippen molar-refractivity contribution in [3.05, 3.63) is 29.3 Å². The van der Waals surface area contributed by atoms with Gasteiger partial charge in [0.25, 0.3) is 0 Å². The highest BCUT2D eigenvalue weighted by Crippen LogP contribution is 2.37. The van der Waals surface area contributed by atoms with E-state index in [0.29, 0.717) is 6.04 Å². The number of anilines is 1.